The molecule has 0 aliphatic carbocycles. The number of nitrogens with zero attached hydrogens (tertiary/aromatic N) is 1. The van der Waals surface area contributed by atoms with E-state index in [0.29, 0.717) is 17.2 Å². The summed E-state index contributed by atoms with van der Waals surface area (Å²) in [4.78, 5) is 24.2. The number of hydrogen-bond donors (Lipinski definition) is 1. The third-order valence-electron chi connectivity index (χ3n) is 4.39. The average Bonchev–Trinajstić information content (AvgIpc) is 2.58. The highest BCUT2D eigenvalue weighted by atomic mass is 35.5. The predicted molar refractivity (Wildman–Crippen MR) is 92.1 cm³/mol. The molecule has 0 fully saturated rings. The summed E-state index contributed by atoms with van der Waals surface area (Å²) in [5.74, 6) is -0.889. The van der Waals surface area contributed by atoms with Crippen molar-refractivity contribution in [2.45, 2.75) is 32.7 Å². The first-order chi connectivity index (χ1) is 11.7. The van der Waals surface area contributed by atoms with Gasteiger partial charge < -0.3 is 14.8 Å². The van der Waals surface area contributed by atoms with Crippen LogP contribution in [0.2, 0.25) is 5.02 Å². The minimum atomic E-state index is -1.01. The Kier molecular flexibility index (Phi) is 5.91. The van der Waals surface area contributed by atoms with Crippen molar-refractivity contribution in [3.8, 4) is 11.8 Å². The average molecular weight is 365 g/mol. The topological polar surface area (TPSA) is 88.4 Å². The maximum absolute atomic E-state index is 12.2. The van der Waals surface area contributed by atoms with Crippen molar-refractivity contribution in [2.75, 3.05) is 13.2 Å². The fourth-order valence-corrected chi connectivity index (χ4v) is 2.59. The van der Waals surface area contributed by atoms with Gasteiger partial charge in [0, 0.05) is 5.02 Å². The summed E-state index contributed by atoms with van der Waals surface area (Å²) in [6.45, 7) is 5.06. The van der Waals surface area contributed by atoms with E-state index in [2.05, 4.69) is 11.4 Å². The normalized spacial score (nSPS) is 18.3. The van der Waals surface area contributed by atoms with Gasteiger partial charge >= 0.3 is 5.97 Å². The van der Waals surface area contributed by atoms with Gasteiger partial charge in [-0.05, 0) is 43.0 Å². The number of benzene rings is 1. The highest BCUT2D eigenvalue weighted by Gasteiger charge is 2.31. The fourth-order valence-electron chi connectivity index (χ4n) is 2.40. The summed E-state index contributed by atoms with van der Waals surface area (Å²) in [5.41, 5.74) is -0.172. The largest absolute Gasteiger partial charge is 0.492 e. The molecule has 0 bridgehead atoms. The lowest BCUT2D eigenvalue weighted by Crippen LogP contribution is -2.50. The van der Waals surface area contributed by atoms with Gasteiger partial charge in [-0.3, -0.25) is 9.59 Å². The van der Waals surface area contributed by atoms with E-state index in [1.165, 1.54) is 0 Å². The number of hydrogen-bond acceptors (Lipinski definition) is 5. The number of carbonyl (C=O) groups is 2. The molecule has 1 aliphatic rings. The number of nitrogens with one attached hydrogen (secondary N) is 1. The van der Waals surface area contributed by atoms with Gasteiger partial charge in [0.1, 0.15) is 17.9 Å². The van der Waals surface area contributed by atoms with Crippen LogP contribution < -0.4 is 10.1 Å². The first-order valence-electron chi connectivity index (χ1n) is 8.05. The third-order valence-corrected chi connectivity index (χ3v) is 4.63. The van der Waals surface area contributed by atoms with Gasteiger partial charge in [-0.2, -0.15) is 5.26 Å². The Hall–Kier alpha value is -2.26. The van der Waals surface area contributed by atoms with E-state index in [-0.39, 0.29) is 12.5 Å². The molecule has 0 saturated carbocycles. The molecular formula is C18H21ClN2O4. The molecule has 134 valence electrons. The molecule has 1 aliphatic heterocycles. The quantitative estimate of drug-likeness (QED) is 0.811. The molecule has 0 unspecified atom stereocenters. The van der Waals surface area contributed by atoms with Crippen LogP contribution in [-0.4, -0.2) is 30.6 Å². The lowest BCUT2D eigenvalue weighted by molar-refractivity contribution is -0.154. The molecule has 2 rings (SSSR count). The number of ether oxygens (including phenoxy) is 2. The highest BCUT2D eigenvalue weighted by Crippen LogP contribution is 2.30. The standard InChI is InChI=1S/C18H21ClN2O4/c1-11(2)18(3,10-20)21-16(22)9-25-17(23)13-6-12-7-14(19)4-5-15(12)24-8-13/h4-5,7,11,13H,6,8-9H2,1-3H3,(H,21,22)/t13-,18-/m1/s1. The van der Waals surface area contributed by atoms with E-state index in [0.717, 1.165) is 5.56 Å². The second-order valence-electron chi connectivity index (χ2n) is 6.59. The summed E-state index contributed by atoms with van der Waals surface area (Å²) in [6.07, 6.45) is 0.443. The van der Waals surface area contributed by atoms with Gasteiger partial charge in [-0.15, -0.1) is 0 Å². The zero-order chi connectivity index (χ0) is 18.6. The summed E-state index contributed by atoms with van der Waals surface area (Å²) in [6, 6.07) is 7.32. The van der Waals surface area contributed by atoms with Gasteiger partial charge in [0.05, 0.1) is 12.0 Å². The van der Waals surface area contributed by atoms with Gasteiger partial charge in [0.15, 0.2) is 6.61 Å². The highest BCUT2D eigenvalue weighted by molar-refractivity contribution is 6.30. The van der Waals surface area contributed by atoms with Gasteiger partial charge in [0.25, 0.3) is 5.91 Å². The van der Waals surface area contributed by atoms with Gasteiger partial charge in [-0.25, -0.2) is 0 Å². The van der Waals surface area contributed by atoms with Crippen LogP contribution in [0.15, 0.2) is 18.2 Å². The van der Waals surface area contributed by atoms with Crippen molar-refractivity contribution in [3.05, 3.63) is 28.8 Å². The molecule has 0 aromatic heterocycles. The maximum Gasteiger partial charge on any atom is 0.313 e. The molecule has 0 spiro atoms. The zero-order valence-corrected chi connectivity index (χ0v) is 15.2. The minimum Gasteiger partial charge on any atom is -0.492 e. The van der Waals surface area contributed by atoms with Crippen molar-refractivity contribution < 1.29 is 19.1 Å². The molecule has 1 amide bonds. The molecular weight excluding hydrogens is 344 g/mol. The van der Waals surface area contributed by atoms with Crippen molar-refractivity contribution in [3.63, 3.8) is 0 Å². The van der Waals surface area contributed by atoms with Crippen LogP contribution in [0.1, 0.15) is 26.3 Å². The third kappa shape index (κ3) is 4.64. The Morgan fingerprint density at radius 1 is 1.52 bits per heavy atom. The van der Waals surface area contributed by atoms with Crippen LogP contribution in [-0.2, 0) is 20.7 Å². The van der Waals surface area contributed by atoms with Crippen LogP contribution in [0.25, 0.3) is 0 Å². The molecule has 0 saturated heterocycles. The first-order valence-corrected chi connectivity index (χ1v) is 8.43. The Morgan fingerprint density at radius 3 is 2.88 bits per heavy atom. The molecule has 0 radical (unpaired) electrons. The van der Waals surface area contributed by atoms with E-state index < -0.39 is 29.9 Å². The van der Waals surface area contributed by atoms with Crippen LogP contribution in [0, 0.1) is 23.2 Å². The zero-order valence-electron chi connectivity index (χ0n) is 14.5. The van der Waals surface area contributed by atoms with E-state index in [1.54, 1.807) is 25.1 Å². The van der Waals surface area contributed by atoms with Crippen molar-refractivity contribution >= 4 is 23.5 Å². The van der Waals surface area contributed by atoms with Gasteiger partial charge in [-0.1, -0.05) is 25.4 Å². The Morgan fingerprint density at radius 2 is 2.24 bits per heavy atom. The van der Waals surface area contributed by atoms with Crippen molar-refractivity contribution in [1.29, 1.82) is 5.26 Å². The lowest BCUT2D eigenvalue weighted by atomic mass is 9.90. The van der Waals surface area contributed by atoms with Crippen molar-refractivity contribution in [2.24, 2.45) is 11.8 Å². The summed E-state index contributed by atoms with van der Waals surface area (Å²) in [7, 11) is 0. The molecule has 7 heteroatoms. The van der Waals surface area contributed by atoms with Gasteiger partial charge in [0.2, 0.25) is 0 Å². The molecule has 1 aromatic carbocycles. The Labute approximate surface area is 152 Å². The number of halogens is 1. The number of fused-ring (bicyclic) bond motifs is 1. The smallest absolute Gasteiger partial charge is 0.313 e. The number of nitriles is 1. The monoisotopic (exact) mass is 364 g/mol. The second-order valence-corrected chi connectivity index (χ2v) is 7.03. The van der Waals surface area contributed by atoms with Crippen LogP contribution in [0.5, 0.6) is 5.75 Å². The number of rotatable bonds is 5. The lowest BCUT2D eigenvalue weighted by Gasteiger charge is -2.27. The SMILES string of the molecule is CC(C)[C@@](C)(C#N)NC(=O)COC(=O)[C@H]1COc2ccc(Cl)cc2C1. The minimum absolute atomic E-state index is 0.0786. The molecule has 6 nitrogen and oxygen atoms in total. The van der Waals surface area contributed by atoms with Crippen molar-refractivity contribution in [1.82, 2.24) is 5.32 Å². The van der Waals surface area contributed by atoms with Crippen LogP contribution in [0.4, 0.5) is 0 Å². The molecule has 1 N–H and O–H groups in total. The molecule has 1 heterocycles. The summed E-state index contributed by atoms with van der Waals surface area (Å²) < 4.78 is 10.6. The number of amides is 1. The van der Waals surface area contributed by atoms with Crippen LogP contribution >= 0.6 is 11.6 Å². The van der Waals surface area contributed by atoms with E-state index >= 15 is 0 Å². The summed E-state index contributed by atoms with van der Waals surface area (Å²) in [5, 5.41) is 12.4. The number of esters is 1. The Balaban J connectivity index is 1.89. The molecule has 25 heavy (non-hydrogen) atoms. The number of carbonyl (C=O) groups excluding carboxylic acids is 2. The molecule has 2 atom stereocenters. The van der Waals surface area contributed by atoms with E-state index in [9.17, 15) is 14.9 Å². The van der Waals surface area contributed by atoms with E-state index in [4.69, 9.17) is 21.1 Å². The molecule has 1 aromatic rings. The predicted octanol–water partition coefficient (Wildman–Crippen LogP) is 2.49. The Bertz CT molecular complexity index is 714. The first kappa shape index (κ1) is 19.1. The fraction of sp³-hybridized carbons (Fsp3) is 0.500. The van der Waals surface area contributed by atoms with E-state index in [1.807, 2.05) is 13.8 Å². The summed E-state index contributed by atoms with van der Waals surface area (Å²) >= 11 is 5.96. The van der Waals surface area contributed by atoms with Crippen LogP contribution in [0.3, 0.4) is 0 Å². The second kappa shape index (κ2) is 7.75. The maximum atomic E-state index is 12.2.